The third-order valence-electron chi connectivity index (χ3n) is 5.19. The molecular weight excluding hydrogens is 280 g/mol. The molecule has 0 unspecified atom stereocenters. The van der Waals surface area contributed by atoms with Gasteiger partial charge in [0, 0.05) is 31.5 Å². The number of carbonyl (C=O) groups excluding carboxylic acids is 1. The summed E-state index contributed by atoms with van der Waals surface area (Å²) >= 11 is 0. The van der Waals surface area contributed by atoms with Gasteiger partial charge in [-0.3, -0.25) is 4.79 Å². The van der Waals surface area contributed by atoms with E-state index in [2.05, 4.69) is 11.8 Å². The molecule has 118 valence electrons. The minimum absolute atomic E-state index is 0.0635. The number of nitrogens with zero attached hydrogens (tertiary/aromatic N) is 4. The fourth-order valence-electron chi connectivity index (χ4n) is 3.86. The third kappa shape index (κ3) is 2.17. The van der Waals surface area contributed by atoms with Crippen LogP contribution in [0.1, 0.15) is 29.8 Å². The van der Waals surface area contributed by atoms with E-state index in [1.54, 1.807) is 0 Å². The number of rotatable bonds is 1. The Bertz CT molecular complexity index is 618. The van der Waals surface area contributed by atoms with Crippen molar-refractivity contribution in [2.75, 3.05) is 31.6 Å². The fraction of sp³-hybridized carbons (Fsp3) is 0.688. The van der Waals surface area contributed by atoms with Crippen LogP contribution in [0.2, 0.25) is 0 Å². The summed E-state index contributed by atoms with van der Waals surface area (Å²) < 4.78 is 5.88. The number of aryl methyl sites for hydroxylation is 2. The first-order valence-corrected chi connectivity index (χ1v) is 8.12. The van der Waals surface area contributed by atoms with Gasteiger partial charge in [0.25, 0.3) is 0 Å². The quantitative estimate of drug-likeness (QED) is 0.765. The van der Waals surface area contributed by atoms with E-state index in [-0.39, 0.29) is 18.1 Å². The maximum atomic E-state index is 12.0. The van der Waals surface area contributed by atoms with E-state index < -0.39 is 0 Å². The van der Waals surface area contributed by atoms with Crippen LogP contribution in [0.3, 0.4) is 0 Å². The summed E-state index contributed by atoms with van der Waals surface area (Å²) in [5.74, 6) is 0.969. The number of fused-ring (bicyclic) bond motifs is 2. The van der Waals surface area contributed by atoms with Gasteiger partial charge >= 0.3 is 0 Å². The fourth-order valence-corrected chi connectivity index (χ4v) is 3.86. The number of likely N-dealkylation sites (N-methyl/N-ethyl adjacent to an activating group) is 1. The van der Waals surface area contributed by atoms with Crippen LogP contribution in [-0.2, 0) is 22.4 Å². The molecule has 0 N–H and O–H groups in total. The first-order valence-electron chi connectivity index (χ1n) is 8.12. The van der Waals surface area contributed by atoms with Crippen molar-refractivity contribution < 1.29 is 9.53 Å². The monoisotopic (exact) mass is 302 g/mol. The standard InChI is InChI=1S/C16H22N4O2/c1-10-11-4-3-5-12(11)18-16(17-10)20-8-13-14(9-20)22-7-6-15(21)19(13)2/h13-14H,3-9H2,1-2H3/t13-,14-/m0/s1. The minimum atomic E-state index is 0.0635. The van der Waals surface area contributed by atoms with Crippen LogP contribution in [0.25, 0.3) is 0 Å². The number of ether oxygens (including phenoxy) is 1. The molecule has 1 aromatic rings. The van der Waals surface area contributed by atoms with Gasteiger partial charge in [0.1, 0.15) is 0 Å². The smallest absolute Gasteiger partial charge is 0.225 e. The molecule has 4 rings (SSSR count). The molecule has 22 heavy (non-hydrogen) atoms. The molecule has 0 aromatic carbocycles. The molecule has 2 saturated heterocycles. The molecule has 3 heterocycles. The van der Waals surface area contributed by atoms with Gasteiger partial charge in [0.2, 0.25) is 11.9 Å². The molecule has 6 heteroatoms. The first kappa shape index (κ1) is 13.9. The van der Waals surface area contributed by atoms with Crippen LogP contribution in [0.15, 0.2) is 0 Å². The summed E-state index contributed by atoms with van der Waals surface area (Å²) in [6.45, 7) is 4.11. The van der Waals surface area contributed by atoms with Crippen LogP contribution in [0.4, 0.5) is 5.95 Å². The number of hydrogen-bond acceptors (Lipinski definition) is 5. The van der Waals surface area contributed by atoms with E-state index in [0.717, 1.165) is 37.6 Å². The zero-order valence-corrected chi connectivity index (χ0v) is 13.2. The Morgan fingerprint density at radius 3 is 2.91 bits per heavy atom. The SMILES string of the molecule is Cc1nc(N2C[C@@H]3OCCC(=O)N(C)[C@H]3C2)nc2c1CCC2. The summed E-state index contributed by atoms with van der Waals surface area (Å²) in [5, 5.41) is 0. The van der Waals surface area contributed by atoms with E-state index >= 15 is 0 Å². The molecule has 1 aliphatic carbocycles. The van der Waals surface area contributed by atoms with E-state index in [9.17, 15) is 4.79 Å². The molecule has 2 aliphatic heterocycles. The lowest BCUT2D eigenvalue weighted by molar-refractivity contribution is -0.130. The van der Waals surface area contributed by atoms with Gasteiger partial charge in [-0.15, -0.1) is 0 Å². The van der Waals surface area contributed by atoms with Crippen LogP contribution < -0.4 is 4.90 Å². The number of carbonyl (C=O) groups is 1. The summed E-state index contributed by atoms with van der Waals surface area (Å²) in [5.41, 5.74) is 3.65. The minimum Gasteiger partial charge on any atom is -0.374 e. The summed E-state index contributed by atoms with van der Waals surface area (Å²) in [6, 6.07) is 0.104. The van der Waals surface area contributed by atoms with Crippen molar-refractivity contribution >= 4 is 11.9 Å². The zero-order chi connectivity index (χ0) is 15.3. The molecule has 0 radical (unpaired) electrons. The Morgan fingerprint density at radius 2 is 2.05 bits per heavy atom. The Hall–Kier alpha value is -1.69. The predicted octanol–water partition coefficient (Wildman–Crippen LogP) is 0.710. The van der Waals surface area contributed by atoms with Crippen LogP contribution in [-0.4, -0.2) is 59.7 Å². The largest absolute Gasteiger partial charge is 0.374 e. The van der Waals surface area contributed by atoms with Crippen molar-refractivity contribution in [2.24, 2.45) is 0 Å². The number of anilines is 1. The molecule has 0 spiro atoms. The maximum Gasteiger partial charge on any atom is 0.225 e. The van der Waals surface area contributed by atoms with E-state index in [4.69, 9.17) is 14.7 Å². The van der Waals surface area contributed by atoms with Gasteiger partial charge < -0.3 is 14.5 Å². The maximum absolute atomic E-state index is 12.0. The van der Waals surface area contributed by atoms with Gasteiger partial charge in [-0.2, -0.15) is 0 Å². The number of amides is 1. The summed E-state index contributed by atoms with van der Waals surface area (Å²) in [6.07, 6.45) is 3.89. The van der Waals surface area contributed by atoms with Crippen molar-refractivity contribution in [1.82, 2.24) is 14.9 Å². The lowest BCUT2D eigenvalue weighted by Gasteiger charge is -2.25. The first-order chi connectivity index (χ1) is 10.6. The number of hydrogen-bond donors (Lipinski definition) is 0. The van der Waals surface area contributed by atoms with Gasteiger partial charge in [-0.05, 0) is 31.7 Å². The average molecular weight is 302 g/mol. The molecule has 0 bridgehead atoms. The molecule has 1 amide bonds. The second kappa shape index (κ2) is 5.19. The van der Waals surface area contributed by atoms with Crippen molar-refractivity contribution in [1.29, 1.82) is 0 Å². The lowest BCUT2D eigenvalue weighted by atomic mass is 10.2. The van der Waals surface area contributed by atoms with E-state index in [1.165, 1.54) is 17.7 Å². The highest BCUT2D eigenvalue weighted by Crippen LogP contribution is 2.28. The Morgan fingerprint density at radius 1 is 1.18 bits per heavy atom. The van der Waals surface area contributed by atoms with Crippen molar-refractivity contribution in [2.45, 2.75) is 44.8 Å². The van der Waals surface area contributed by atoms with Crippen LogP contribution in [0, 0.1) is 6.92 Å². The molecule has 1 aromatic heterocycles. The topological polar surface area (TPSA) is 58.6 Å². The predicted molar refractivity (Wildman–Crippen MR) is 81.9 cm³/mol. The van der Waals surface area contributed by atoms with Crippen molar-refractivity contribution in [3.05, 3.63) is 17.0 Å². The second-order valence-corrected chi connectivity index (χ2v) is 6.52. The summed E-state index contributed by atoms with van der Waals surface area (Å²) in [4.78, 5) is 25.5. The number of aromatic nitrogens is 2. The molecule has 3 aliphatic rings. The summed E-state index contributed by atoms with van der Waals surface area (Å²) in [7, 11) is 1.88. The van der Waals surface area contributed by atoms with Crippen LogP contribution >= 0.6 is 0 Å². The van der Waals surface area contributed by atoms with E-state index in [0.29, 0.717) is 13.0 Å². The van der Waals surface area contributed by atoms with Gasteiger partial charge in [-0.1, -0.05) is 0 Å². The van der Waals surface area contributed by atoms with Crippen molar-refractivity contribution in [3.8, 4) is 0 Å². The van der Waals surface area contributed by atoms with Gasteiger partial charge in [0.05, 0.1) is 25.2 Å². The third-order valence-corrected chi connectivity index (χ3v) is 5.19. The highest BCUT2D eigenvalue weighted by molar-refractivity contribution is 5.77. The van der Waals surface area contributed by atoms with E-state index in [1.807, 2.05) is 11.9 Å². The van der Waals surface area contributed by atoms with Gasteiger partial charge in [-0.25, -0.2) is 9.97 Å². The average Bonchev–Trinajstić information content (AvgIpc) is 3.10. The Kier molecular flexibility index (Phi) is 3.29. The van der Waals surface area contributed by atoms with Crippen LogP contribution in [0.5, 0.6) is 0 Å². The molecular formula is C16H22N4O2. The van der Waals surface area contributed by atoms with Crippen molar-refractivity contribution in [3.63, 3.8) is 0 Å². The molecule has 0 saturated carbocycles. The highest BCUT2D eigenvalue weighted by Gasteiger charge is 2.41. The highest BCUT2D eigenvalue weighted by atomic mass is 16.5. The zero-order valence-electron chi connectivity index (χ0n) is 13.2. The molecule has 2 fully saturated rings. The molecule has 6 nitrogen and oxygen atoms in total. The van der Waals surface area contributed by atoms with Gasteiger partial charge in [0.15, 0.2) is 0 Å². The normalized spacial score (nSPS) is 27.8. The second-order valence-electron chi connectivity index (χ2n) is 6.52. The Balaban J connectivity index is 1.60. The lowest BCUT2D eigenvalue weighted by Crippen LogP contribution is -2.42. The Labute approximate surface area is 130 Å². The molecule has 2 atom stereocenters.